The van der Waals surface area contributed by atoms with E-state index in [0.717, 1.165) is 5.56 Å². The lowest BCUT2D eigenvalue weighted by Gasteiger charge is -2.16. The third-order valence-corrected chi connectivity index (χ3v) is 3.73. The average molecular weight is 285 g/mol. The Hall–Kier alpha value is -1.44. The summed E-state index contributed by atoms with van der Waals surface area (Å²) < 4.78 is 22.5. The highest BCUT2D eigenvalue weighted by Crippen LogP contribution is 2.19. The molecule has 106 valence electrons. The third-order valence-electron chi connectivity index (χ3n) is 2.82. The molecule has 0 aliphatic heterocycles. The fourth-order valence-electron chi connectivity index (χ4n) is 1.43. The molecule has 0 spiro atoms. The van der Waals surface area contributed by atoms with E-state index in [-0.39, 0.29) is 16.7 Å². The average Bonchev–Trinajstić information content (AvgIpc) is 2.29. The largest absolute Gasteiger partial charge is 0.324 e. The Morgan fingerprint density at radius 3 is 2.37 bits per heavy atom. The highest BCUT2D eigenvalue weighted by molar-refractivity contribution is 7.89. The lowest BCUT2D eigenvalue weighted by Crippen LogP contribution is -2.39. The number of sulfonamides is 1. The quantitative estimate of drug-likeness (QED) is 0.749. The van der Waals surface area contributed by atoms with Crippen molar-refractivity contribution in [3.8, 4) is 0 Å². The first-order valence-electron chi connectivity index (χ1n) is 5.83. The molecule has 6 nitrogen and oxygen atoms in total. The number of anilines is 1. The van der Waals surface area contributed by atoms with Gasteiger partial charge in [0.2, 0.25) is 15.9 Å². The van der Waals surface area contributed by atoms with Gasteiger partial charge in [-0.15, -0.1) is 0 Å². The van der Waals surface area contributed by atoms with E-state index in [9.17, 15) is 13.2 Å². The first kappa shape index (κ1) is 15.6. The minimum absolute atomic E-state index is 0.0123. The van der Waals surface area contributed by atoms with Gasteiger partial charge in [0, 0.05) is 5.69 Å². The summed E-state index contributed by atoms with van der Waals surface area (Å²) in [5, 5.41) is 7.67. The summed E-state index contributed by atoms with van der Waals surface area (Å²) >= 11 is 0. The predicted octanol–water partition coefficient (Wildman–Crippen LogP) is 0.564. The molecule has 0 fully saturated rings. The minimum atomic E-state index is -3.80. The second-order valence-corrected chi connectivity index (χ2v) is 6.34. The SMILES string of the molecule is Cc1ccc(S(N)(=O)=O)cc1NC(=O)[C@@H](N)C(C)C. The predicted molar refractivity (Wildman–Crippen MR) is 74.0 cm³/mol. The van der Waals surface area contributed by atoms with Gasteiger partial charge in [-0.2, -0.15) is 0 Å². The van der Waals surface area contributed by atoms with Crippen molar-refractivity contribution in [1.29, 1.82) is 0 Å². The van der Waals surface area contributed by atoms with Gasteiger partial charge >= 0.3 is 0 Å². The van der Waals surface area contributed by atoms with E-state index in [1.165, 1.54) is 12.1 Å². The van der Waals surface area contributed by atoms with E-state index in [0.29, 0.717) is 5.69 Å². The van der Waals surface area contributed by atoms with Crippen molar-refractivity contribution in [2.24, 2.45) is 16.8 Å². The first-order valence-corrected chi connectivity index (χ1v) is 7.37. The van der Waals surface area contributed by atoms with Crippen LogP contribution in [0.15, 0.2) is 23.1 Å². The van der Waals surface area contributed by atoms with Crippen LogP contribution in [-0.4, -0.2) is 20.4 Å². The Bertz CT molecular complexity index is 582. The molecule has 0 aromatic heterocycles. The fourth-order valence-corrected chi connectivity index (χ4v) is 1.97. The molecule has 0 heterocycles. The molecule has 5 N–H and O–H groups in total. The van der Waals surface area contributed by atoms with Crippen LogP contribution in [0.4, 0.5) is 5.69 Å². The molecule has 0 aliphatic carbocycles. The molecule has 1 atom stereocenters. The Kier molecular flexibility index (Phi) is 4.67. The van der Waals surface area contributed by atoms with Crippen LogP contribution in [-0.2, 0) is 14.8 Å². The smallest absolute Gasteiger partial charge is 0.241 e. The maximum absolute atomic E-state index is 11.9. The summed E-state index contributed by atoms with van der Waals surface area (Å²) in [5.74, 6) is -0.369. The first-order chi connectivity index (χ1) is 8.62. The second-order valence-electron chi connectivity index (χ2n) is 4.78. The molecular formula is C12H19N3O3S. The van der Waals surface area contributed by atoms with E-state index in [1.807, 2.05) is 13.8 Å². The number of hydrogen-bond acceptors (Lipinski definition) is 4. The van der Waals surface area contributed by atoms with E-state index < -0.39 is 16.1 Å². The van der Waals surface area contributed by atoms with Crippen molar-refractivity contribution in [3.05, 3.63) is 23.8 Å². The van der Waals surface area contributed by atoms with Crippen molar-refractivity contribution >= 4 is 21.6 Å². The molecular weight excluding hydrogens is 266 g/mol. The zero-order valence-corrected chi connectivity index (χ0v) is 12.0. The minimum Gasteiger partial charge on any atom is -0.324 e. The molecule has 0 saturated heterocycles. The maximum Gasteiger partial charge on any atom is 0.241 e. The zero-order valence-electron chi connectivity index (χ0n) is 11.2. The molecule has 1 aromatic carbocycles. The van der Waals surface area contributed by atoms with E-state index in [4.69, 9.17) is 10.9 Å². The number of nitrogens with two attached hydrogens (primary N) is 2. The van der Waals surface area contributed by atoms with Gasteiger partial charge in [-0.25, -0.2) is 13.6 Å². The summed E-state index contributed by atoms with van der Waals surface area (Å²) in [4.78, 5) is 11.8. The molecule has 19 heavy (non-hydrogen) atoms. The number of rotatable bonds is 4. The van der Waals surface area contributed by atoms with Gasteiger partial charge in [0.25, 0.3) is 0 Å². The molecule has 1 amide bonds. The van der Waals surface area contributed by atoms with E-state index in [2.05, 4.69) is 5.32 Å². The Morgan fingerprint density at radius 1 is 1.32 bits per heavy atom. The molecule has 0 saturated carbocycles. The van der Waals surface area contributed by atoms with Crippen LogP contribution < -0.4 is 16.2 Å². The van der Waals surface area contributed by atoms with Crippen LogP contribution in [0.3, 0.4) is 0 Å². The second kappa shape index (κ2) is 5.68. The Balaban J connectivity index is 3.05. The zero-order chi connectivity index (χ0) is 14.8. The number of amides is 1. The molecule has 7 heteroatoms. The van der Waals surface area contributed by atoms with Crippen LogP contribution >= 0.6 is 0 Å². The molecule has 1 rings (SSSR count). The van der Waals surface area contributed by atoms with Crippen molar-refractivity contribution < 1.29 is 13.2 Å². The van der Waals surface area contributed by atoms with Gasteiger partial charge in [-0.3, -0.25) is 4.79 Å². The van der Waals surface area contributed by atoms with Crippen molar-refractivity contribution in [1.82, 2.24) is 0 Å². The molecule has 0 bridgehead atoms. The summed E-state index contributed by atoms with van der Waals surface area (Å²) in [6.45, 7) is 5.42. The fraction of sp³-hybridized carbons (Fsp3) is 0.417. The normalized spacial score (nSPS) is 13.4. The molecule has 0 radical (unpaired) electrons. The van der Waals surface area contributed by atoms with Crippen LogP contribution in [0.5, 0.6) is 0 Å². The van der Waals surface area contributed by atoms with Gasteiger partial charge in [0.1, 0.15) is 0 Å². The number of nitrogens with one attached hydrogen (secondary N) is 1. The Morgan fingerprint density at radius 2 is 1.89 bits per heavy atom. The Labute approximate surface area is 113 Å². The maximum atomic E-state index is 11.9. The molecule has 1 aromatic rings. The van der Waals surface area contributed by atoms with Crippen LogP contribution in [0, 0.1) is 12.8 Å². The summed E-state index contributed by atoms with van der Waals surface area (Å²) in [6.07, 6.45) is 0. The van der Waals surface area contributed by atoms with Crippen molar-refractivity contribution in [3.63, 3.8) is 0 Å². The lowest BCUT2D eigenvalue weighted by molar-refractivity contribution is -0.118. The lowest BCUT2D eigenvalue weighted by atomic mass is 10.0. The van der Waals surface area contributed by atoms with Gasteiger partial charge in [0.15, 0.2) is 0 Å². The van der Waals surface area contributed by atoms with Crippen LogP contribution in [0.2, 0.25) is 0 Å². The number of primary sulfonamides is 1. The molecule has 0 aliphatic rings. The highest BCUT2D eigenvalue weighted by Gasteiger charge is 2.18. The van der Waals surface area contributed by atoms with Crippen LogP contribution in [0.25, 0.3) is 0 Å². The highest BCUT2D eigenvalue weighted by atomic mass is 32.2. The third kappa shape index (κ3) is 4.02. The monoisotopic (exact) mass is 285 g/mol. The number of benzene rings is 1. The van der Waals surface area contributed by atoms with Crippen molar-refractivity contribution in [2.45, 2.75) is 31.7 Å². The number of aryl methyl sites for hydroxylation is 1. The standard InChI is InChI=1S/C12H19N3O3S/c1-7(2)11(13)12(16)15-10-6-9(19(14,17)18)5-4-8(10)3/h4-7,11H,13H2,1-3H3,(H,15,16)(H2,14,17,18)/t11-/m0/s1. The van der Waals surface area contributed by atoms with Gasteiger partial charge in [-0.05, 0) is 30.5 Å². The number of hydrogen-bond donors (Lipinski definition) is 3. The van der Waals surface area contributed by atoms with Crippen molar-refractivity contribution in [2.75, 3.05) is 5.32 Å². The number of carbonyl (C=O) groups excluding carboxylic acids is 1. The topological polar surface area (TPSA) is 115 Å². The van der Waals surface area contributed by atoms with Crippen LogP contribution in [0.1, 0.15) is 19.4 Å². The van der Waals surface area contributed by atoms with Gasteiger partial charge in [-0.1, -0.05) is 19.9 Å². The summed E-state index contributed by atoms with van der Waals surface area (Å²) in [5.41, 5.74) is 6.86. The molecule has 0 unspecified atom stereocenters. The summed E-state index contributed by atoms with van der Waals surface area (Å²) in [6, 6.07) is 3.65. The summed E-state index contributed by atoms with van der Waals surface area (Å²) in [7, 11) is -3.80. The van der Waals surface area contributed by atoms with Gasteiger partial charge < -0.3 is 11.1 Å². The van der Waals surface area contributed by atoms with Gasteiger partial charge in [0.05, 0.1) is 10.9 Å². The van der Waals surface area contributed by atoms with E-state index >= 15 is 0 Å². The van der Waals surface area contributed by atoms with E-state index in [1.54, 1.807) is 13.0 Å². The number of carbonyl (C=O) groups is 1.